The predicted octanol–water partition coefficient (Wildman–Crippen LogP) is 1.65. The Hall–Kier alpha value is -2.21. The van der Waals surface area contributed by atoms with E-state index in [4.69, 9.17) is 0 Å². The van der Waals surface area contributed by atoms with Crippen LogP contribution in [0.2, 0.25) is 0 Å². The van der Waals surface area contributed by atoms with Crippen LogP contribution >= 0.6 is 0 Å². The van der Waals surface area contributed by atoms with Gasteiger partial charge in [0.15, 0.2) is 5.69 Å². The number of aliphatic hydroxyl groups excluding tert-OH is 1. The smallest absolute Gasteiger partial charge is 0.358 e. The molecule has 6 nitrogen and oxygen atoms in total. The van der Waals surface area contributed by atoms with Gasteiger partial charge in [-0.1, -0.05) is 18.2 Å². The number of benzene rings is 1. The molecule has 20 heavy (non-hydrogen) atoms. The number of carbonyl (C=O) groups is 1. The SMILES string of the molecule is O=C(O)c1nnc2ccccc2c1NC1(CO)CCC1. The number of nitrogens with zero attached hydrogens (tertiary/aromatic N) is 2. The number of carboxylic acids is 1. The molecule has 0 aliphatic heterocycles. The Labute approximate surface area is 115 Å². The number of nitrogens with one attached hydrogen (secondary N) is 1. The van der Waals surface area contributed by atoms with E-state index in [1.165, 1.54) is 0 Å². The molecule has 2 aromatic rings. The van der Waals surface area contributed by atoms with Crippen LogP contribution in [0.5, 0.6) is 0 Å². The van der Waals surface area contributed by atoms with Gasteiger partial charge in [0.05, 0.1) is 23.3 Å². The molecule has 1 aromatic carbocycles. The molecule has 6 heteroatoms. The van der Waals surface area contributed by atoms with Gasteiger partial charge in [-0.2, -0.15) is 0 Å². The number of fused-ring (bicyclic) bond motifs is 1. The molecule has 0 unspecified atom stereocenters. The predicted molar refractivity (Wildman–Crippen MR) is 73.8 cm³/mol. The summed E-state index contributed by atoms with van der Waals surface area (Å²) in [4.78, 5) is 11.3. The van der Waals surface area contributed by atoms with Gasteiger partial charge in [-0.15, -0.1) is 10.2 Å². The summed E-state index contributed by atoms with van der Waals surface area (Å²) in [6.07, 6.45) is 2.66. The van der Waals surface area contributed by atoms with Crippen molar-refractivity contribution in [2.75, 3.05) is 11.9 Å². The van der Waals surface area contributed by atoms with Gasteiger partial charge in [0, 0.05) is 5.39 Å². The molecule has 0 atom stereocenters. The van der Waals surface area contributed by atoms with Gasteiger partial charge in [0.2, 0.25) is 0 Å². The summed E-state index contributed by atoms with van der Waals surface area (Å²) in [6.45, 7) is -0.0251. The Morgan fingerprint density at radius 2 is 2.05 bits per heavy atom. The Bertz CT molecular complexity index is 662. The lowest BCUT2D eigenvalue weighted by molar-refractivity contribution is 0.0689. The number of carboxylic acid groups (broad SMARTS) is 1. The number of hydrogen-bond acceptors (Lipinski definition) is 5. The summed E-state index contributed by atoms with van der Waals surface area (Å²) in [7, 11) is 0. The van der Waals surface area contributed by atoms with Crippen LogP contribution in [-0.4, -0.2) is 38.5 Å². The summed E-state index contributed by atoms with van der Waals surface area (Å²) in [6, 6.07) is 7.24. The van der Waals surface area contributed by atoms with Gasteiger partial charge in [0.1, 0.15) is 0 Å². The van der Waals surface area contributed by atoms with Crippen LogP contribution in [0, 0.1) is 0 Å². The minimum atomic E-state index is -1.13. The maximum atomic E-state index is 11.3. The molecule has 1 aromatic heterocycles. The first-order valence-electron chi connectivity index (χ1n) is 6.53. The first kappa shape index (κ1) is 12.8. The van der Waals surface area contributed by atoms with Crippen molar-refractivity contribution in [2.24, 2.45) is 0 Å². The fourth-order valence-electron chi connectivity index (χ4n) is 2.52. The maximum absolute atomic E-state index is 11.3. The van der Waals surface area contributed by atoms with E-state index in [-0.39, 0.29) is 12.3 Å². The van der Waals surface area contributed by atoms with Crippen molar-refractivity contribution in [1.82, 2.24) is 10.2 Å². The first-order chi connectivity index (χ1) is 9.65. The zero-order valence-electron chi connectivity index (χ0n) is 10.8. The van der Waals surface area contributed by atoms with Crippen LogP contribution in [0.15, 0.2) is 24.3 Å². The van der Waals surface area contributed by atoms with E-state index in [0.717, 1.165) is 19.3 Å². The number of aromatic nitrogens is 2. The topological polar surface area (TPSA) is 95.3 Å². The number of rotatable bonds is 4. The maximum Gasteiger partial charge on any atom is 0.358 e. The van der Waals surface area contributed by atoms with Crippen LogP contribution in [0.3, 0.4) is 0 Å². The van der Waals surface area contributed by atoms with Gasteiger partial charge in [-0.05, 0) is 25.3 Å². The van der Waals surface area contributed by atoms with E-state index < -0.39 is 11.5 Å². The number of anilines is 1. The Morgan fingerprint density at radius 3 is 2.65 bits per heavy atom. The van der Waals surface area contributed by atoms with Gasteiger partial charge < -0.3 is 15.5 Å². The lowest BCUT2D eigenvalue weighted by atomic mass is 9.77. The minimum absolute atomic E-state index is 0.0251. The molecule has 1 heterocycles. The zero-order valence-corrected chi connectivity index (χ0v) is 10.8. The molecule has 1 saturated carbocycles. The Kier molecular flexibility index (Phi) is 3.02. The molecule has 0 spiro atoms. The molecular weight excluding hydrogens is 258 g/mol. The summed E-state index contributed by atoms with van der Waals surface area (Å²) in [5.74, 6) is -1.13. The fraction of sp³-hybridized carbons (Fsp3) is 0.357. The molecule has 0 amide bonds. The molecule has 0 bridgehead atoms. The fourth-order valence-corrected chi connectivity index (χ4v) is 2.52. The second kappa shape index (κ2) is 4.72. The molecule has 104 valence electrons. The standard InChI is InChI=1S/C14H15N3O3/c18-8-14(6-3-7-14)15-11-9-4-1-2-5-10(9)16-17-12(11)13(19)20/h1-2,4-5,18H,3,6-8H2,(H,15,16)(H,19,20). The van der Waals surface area contributed by atoms with E-state index >= 15 is 0 Å². The summed E-state index contributed by atoms with van der Waals surface area (Å²) >= 11 is 0. The number of hydrogen-bond donors (Lipinski definition) is 3. The first-order valence-corrected chi connectivity index (χ1v) is 6.53. The molecule has 1 fully saturated rings. The number of aromatic carboxylic acids is 1. The van der Waals surface area contributed by atoms with E-state index in [2.05, 4.69) is 15.5 Å². The van der Waals surface area contributed by atoms with Crippen molar-refractivity contribution >= 4 is 22.6 Å². The summed E-state index contributed by atoms with van der Waals surface area (Å²) in [5, 5.41) is 30.5. The highest BCUT2D eigenvalue weighted by molar-refractivity contribution is 6.02. The van der Waals surface area contributed by atoms with E-state index in [0.29, 0.717) is 16.6 Å². The molecular formula is C14H15N3O3. The average Bonchev–Trinajstić information content (AvgIpc) is 2.42. The van der Waals surface area contributed by atoms with Gasteiger partial charge in [0.25, 0.3) is 0 Å². The van der Waals surface area contributed by atoms with Crippen molar-refractivity contribution < 1.29 is 15.0 Å². The lowest BCUT2D eigenvalue weighted by Crippen LogP contribution is -2.48. The van der Waals surface area contributed by atoms with E-state index in [9.17, 15) is 15.0 Å². The largest absolute Gasteiger partial charge is 0.476 e. The van der Waals surface area contributed by atoms with E-state index in [1.807, 2.05) is 18.2 Å². The van der Waals surface area contributed by atoms with Crippen LogP contribution < -0.4 is 5.32 Å². The van der Waals surface area contributed by atoms with Crippen LogP contribution in [-0.2, 0) is 0 Å². The van der Waals surface area contributed by atoms with Gasteiger partial charge >= 0.3 is 5.97 Å². The normalized spacial score (nSPS) is 16.6. The zero-order chi connectivity index (χ0) is 14.2. The summed E-state index contributed by atoms with van der Waals surface area (Å²) in [5.41, 5.74) is 0.531. The lowest BCUT2D eigenvalue weighted by Gasteiger charge is -2.42. The third kappa shape index (κ3) is 1.98. The molecule has 3 rings (SSSR count). The van der Waals surface area contributed by atoms with Crippen LogP contribution in [0.4, 0.5) is 5.69 Å². The Balaban J connectivity index is 2.14. The second-order valence-electron chi connectivity index (χ2n) is 5.16. The van der Waals surface area contributed by atoms with Gasteiger partial charge in [-0.25, -0.2) is 4.79 Å². The molecule has 3 N–H and O–H groups in total. The van der Waals surface area contributed by atoms with Crippen LogP contribution in [0.1, 0.15) is 29.8 Å². The highest BCUT2D eigenvalue weighted by atomic mass is 16.4. The highest BCUT2D eigenvalue weighted by Gasteiger charge is 2.37. The van der Waals surface area contributed by atoms with E-state index in [1.54, 1.807) is 6.07 Å². The third-order valence-electron chi connectivity index (χ3n) is 3.87. The van der Waals surface area contributed by atoms with Crippen molar-refractivity contribution in [3.8, 4) is 0 Å². The molecule has 1 aliphatic carbocycles. The minimum Gasteiger partial charge on any atom is -0.476 e. The highest BCUT2D eigenvalue weighted by Crippen LogP contribution is 2.37. The van der Waals surface area contributed by atoms with Crippen molar-refractivity contribution in [1.29, 1.82) is 0 Å². The van der Waals surface area contributed by atoms with Crippen LogP contribution in [0.25, 0.3) is 10.9 Å². The number of aliphatic hydroxyl groups is 1. The van der Waals surface area contributed by atoms with Gasteiger partial charge in [-0.3, -0.25) is 0 Å². The second-order valence-corrected chi connectivity index (χ2v) is 5.16. The molecule has 1 aliphatic rings. The van der Waals surface area contributed by atoms with Crippen molar-refractivity contribution in [3.05, 3.63) is 30.0 Å². The summed E-state index contributed by atoms with van der Waals surface area (Å²) < 4.78 is 0. The third-order valence-corrected chi connectivity index (χ3v) is 3.87. The average molecular weight is 273 g/mol. The molecule has 0 radical (unpaired) electrons. The quantitative estimate of drug-likeness (QED) is 0.784. The van der Waals surface area contributed by atoms with Crippen molar-refractivity contribution in [2.45, 2.75) is 24.8 Å². The Morgan fingerprint density at radius 1 is 1.30 bits per heavy atom. The van der Waals surface area contributed by atoms with Crippen molar-refractivity contribution in [3.63, 3.8) is 0 Å². The molecule has 0 saturated heterocycles. The monoisotopic (exact) mass is 273 g/mol.